The number of piperidine rings is 1. The number of rotatable bonds is 4. The van der Waals surface area contributed by atoms with Crippen LogP contribution in [0.5, 0.6) is 0 Å². The van der Waals surface area contributed by atoms with Gasteiger partial charge in [-0.05, 0) is 61.1 Å². The first-order valence-electron chi connectivity index (χ1n) is 10.3. The third-order valence-electron chi connectivity index (χ3n) is 5.55. The third kappa shape index (κ3) is 4.09. The van der Waals surface area contributed by atoms with Crippen molar-refractivity contribution in [3.63, 3.8) is 0 Å². The second kappa shape index (κ2) is 8.19. The number of pyridine rings is 1. The molecule has 0 saturated carbocycles. The quantitative estimate of drug-likeness (QED) is 0.605. The second-order valence-corrected chi connectivity index (χ2v) is 7.96. The van der Waals surface area contributed by atoms with E-state index in [1.807, 2.05) is 17.0 Å². The zero-order valence-corrected chi connectivity index (χ0v) is 16.9. The number of hydrogen-bond donors (Lipinski definition) is 1. The summed E-state index contributed by atoms with van der Waals surface area (Å²) in [6, 6.07) is 12.6. The smallest absolute Gasteiger partial charge is 0.257 e. The minimum atomic E-state index is -0.347. The van der Waals surface area contributed by atoms with Gasteiger partial charge in [0, 0.05) is 30.4 Å². The number of hydrogen-bond acceptors (Lipinski definition) is 3. The molecule has 0 radical (unpaired) electrons. The Morgan fingerprint density at radius 2 is 1.79 bits per heavy atom. The van der Waals surface area contributed by atoms with Crippen molar-refractivity contribution in [2.75, 3.05) is 18.4 Å². The molecule has 29 heavy (non-hydrogen) atoms. The molecular formula is C24H26FN3O. The number of aromatic nitrogens is 1. The Morgan fingerprint density at radius 3 is 2.48 bits per heavy atom. The van der Waals surface area contributed by atoms with Gasteiger partial charge in [-0.15, -0.1) is 0 Å². The van der Waals surface area contributed by atoms with E-state index in [1.165, 1.54) is 17.7 Å². The van der Waals surface area contributed by atoms with Crippen LogP contribution in [-0.4, -0.2) is 28.9 Å². The Hall–Kier alpha value is -2.95. The summed E-state index contributed by atoms with van der Waals surface area (Å²) < 4.78 is 14.0. The number of carbonyl (C=O) groups excluding carboxylic acids is 1. The molecule has 1 amide bonds. The zero-order chi connectivity index (χ0) is 20.4. The van der Waals surface area contributed by atoms with Crippen LogP contribution in [0.1, 0.15) is 54.9 Å². The first kappa shape index (κ1) is 19.4. The number of nitrogens with zero attached hydrogens (tertiary/aromatic N) is 2. The molecule has 0 aliphatic carbocycles. The van der Waals surface area contributed by atoms with E-state index in [0.29, 0.717) is 28.1 Å². The number of benzene rings is 2. The maximum Gasteiger partial charge on any atom is 0.257 e. The van der Waals surface area contributed by atoms with Gasteiger partial charge in [-0.1, -0.05) is 26.0 Å². The predicted molar refractivity (Wildman–Crippen MR) is 115 cm³/mol. The first-order chi connectivity index (χ1) is 14.0. The fourth-order valence-corrected chi connectivity index (χ4v) is 3.82. The van der Waals surface area contributed by atoms with E-state index in [-0.39, 0.29) is 11.7 Å². The van der Waals surface area contributed by atoms with Crippen LogP contribution in [0, 0.1) is 5.82 Å². The minimum Gasteiger partial charge on any atom is -0.354 e. The number of halogens is 1. The van der Waals surface area contributed by atoms with Crippen LogP contribution in [0.4, 0.5) is 15.8 Å². The highest BCUT2D eigenvalue weighted by molar-refractivity contribution is 6.08. The Kier molecular flexibility index (Phi) is 5.47. The number of anilines is 2. The van der Waals surface area contributed by atoms with Crippen molar-refractivity contribution in [1.29, 1.82) is 0 Å². The maximum absolute atomic E-state index is 14.0. The third-order valence-corrected chi connectivity index (χ3v) is 5.55. The first-order valence-corrected chi connectivity index (χ1v) is 10.3. The van der Waals surface area contributed by atoms with Gasteiger partial charge in [0.15, 0.2) is 0 Å². The lowest BCUT2D eigenvalue weighted by Crippen LogP contribution is -2.36. The van der Waals surface area contributed by atoms with Crippen LogP contribution in [0.2, 0.25) is 0 Å². The van der Waals surface area contributed by atoms with E-state index in [9.17, 15) is 9.18 Å². The molecule has 2 aromatic carbocycles. The van der Waals surface area contributed by atoms with Crippen molar-refractivity contribution in [1.82, 2.24) is 9.88 Å². The lowest BCUT2D eigenvalue weighted by atomic mass is 10.0. The topological polar surface area (TPSA) is 45.2 Å². The number of amides is 1. The van der Waals surface area contributed by atoms with Crippen molar-refractivity contribution in [2.24, 2.45) is 0 Å². The molecule has 4 rings (SSSR count). The highest BCUT2D eigenvalue weighted by atomic mass is 19.1. The SMILES string of the molecule is CC(C)c1ccc(Nc2c(C(=O)N3CCCCC3)cnc3ccc(F)cc23)cc1. The molecule has 3 aromatic rings. The summed E-state index contributed by atoms with van der Waals surface area (Å²) in [5, 5.41) is 3.99. The summed E-state index contributed by atoms with van der Waals surface area (Å²) >= 11 is 0. The van der Waals surface area contributed by atoms with Crippen molar-refractivity contribution in [3.8, 4) is 0 Å². The van der Waals surface area contributed by atoms with Crippen LogP contribution in [0.15, 0.2) is 48.7 Å². The van der Waals surface area contributed by atoms with E-state index >= 15 is 0 Å². The van der Waals surface area contributed by atoms with Crippen molar-refractivity contribution < 1.29 is 9.18 Å². The number of carbonyl (C=O) groups is 1. The Balaban J connectivity index is 1.77. The molecule has 1 N–H and O–H groups in total. The van der Waals surface area contributed by atoms with Gasteiger partial charge in [0.1, 0.15) is 5.82 Å². The van der Waals surface area contributed by atoms with Crippen molar-refractivity contribution in [3.05, 3.63) is 65.6 Å². The van der Waals surface area contributed by atoms with Gasteiger partial charge in [-0.25, -0.2) is 4.39 Å². The van der Waals surface area contributed by atoms with Gasteiger partial charge in [-0.2, -0.15) is 0 Å². The van der Waals surface area contributed by atoms with E-state index in [0.717, 1.165) is 38.0 Å². The fraction of sp³-hybridized carbons (Fsp3) is 0.333. The predicted octanol–water partition coefficient (Wildman–Crippen LogP) is 5.87. The molecular weight excluding hydrogens is 365 g/mol. The highest BCUT2D eigenvalue weighted by Gasteiger charge is 2.23. The Labute approximate surface area is 170 Å². The molecule has 0 atom stereocenters. The molecule has 0 spiro atoms. The Morgan fingerprint density at radius 1 is 1.07 bits per heavy atom. The number of likely N-dealkylation sites (tertiary alicyclic amines) is 1. The number of nitrogens with one attached hydrogen (secondary N) is 1. The molecule has 1 saturated heterocycles. The monoisotopic (exact) mass is 391 g/mol. The second-order valence-electron chi connectivity index (χ2n) is 7.96. The van der Waals surface area contributed by atoms with E-state index in [2.05, 4.69) is 36.3 Å². The van der Waals surface area contributed by atoms with Crippen LogP contribution in [0.3, 0.4) is 0 Å². The molecule has 1 aliphatic rings. The largest absolute Gasteiger partial charge is 0.354 e. The van der Waals surface area contributed by atoms with Gasteiger partial charge < -0.3 is 10.2 Å². The minimum absolute atomic E-state index is 0.0512. The van der Waals surface area contributed by atoms with E-state index in [4.69, 9.17) is 0 Å². The standard InChI is InChI=1S/C24H26FN3O/c1-16(2)17-6-9-19(10-7-17)27-23-20-14-18(25)8-11-22(20)26-15-21(23)24(29)28-12-4-3-5-13-28/h6-11,14-16H,3-5,12-13H2,1-2H3,(H,26,27). The van der Waals surface area contributed by atoms with Gasteiger partial charge in [-0.3, -0.25) is 9.78 Å². The normalized spacial score (nSPS) is 14.4. The zero-order valence-electron chi connectivity index (χ0n) is 16.9. The summed E-state index contributed by atoms with van der Waals surface area (Å²) in [5.74, 6) is 0.0425. The molecule has 1 aliphatic heterocycles. The Bertz CT molecular complexity index is 1020. The van der Waals surface area contributed by atoms with Crippen molar-refractivity contribution >= 4 is 28.2 Å². The summed E-state index contributed by atoms with van der Waals surface area (Å²) in [4.78, 5) is 19.5. The summed E-state index contributed by atoms with van der Waals surface area (Å²) in [6.07, 6.45) is 4.79. The average molecular weight is 391 g/mol. The summed E-state index contributed by atoms with van der Waals surface area (Å²) in [7, 11) is 0. The summed E-state index contributed by atoms with van der Waals surface area (Å²) in [6.45, 7) is 5.80. The number of fused-ring (bicyclic) bond motifs is 1. The molecule has 0 bridgehead atoms. The molecule has 0 unspecified atom stereocenters. The molecule has 1 aromatic heterocycles. The maximum atomic E-state index is 14.0. The van der Waals surface area contributed by atoms with Gasteiger partial charge in [0.2, 0.25) is 0 Å². The molecule has 1 fully saturated rings. The lowest BCUT2D eigenvalue weighted by Gasteiger charge is -2.27. The van der Waals surface area contributed by atoms with Crippen molar-refractivity contribution in [2.45, 2.75) is 39.0 Å². The van der Waals surface area contributed by atoms with Crippen LogP contribution >= 0.6 is 0 Å². The molecule has 2 heterocycles. The lowest BCUT2D eigenvalue weighted by molar-refractivity contribution is 0.0725. The van der Waals surface area contributed by atoms with Gasteiger partial charge in [0.05, 0.1) is 16.8 Å². The molecule has 150 valence electrons. The molecule has 5 heteroatoms. The van der Waals surface area contributed by atoms with E-state index in [1.54, 1.807) is 12.3 Å². The van der Waals surface area contributed by atoms with Crippen LogP contribution in [0.25, 0.3) is 10.9 Å². The summed E-state index contributed by atoms with van der Waals surface area (Å²) in [5.41, 5.74) is 3.85. The van der Waals surface area contributed by atoms with Crippen LogP contribution < -0.4 is 5.32 Å². The molecule has 4 nitrogen and oxygen atoms in total. The van der Waals surface area contributed by atoms with Crippen LogP contribution in [-0.2, 0) is 0 Å². The average Bonchev–Trinajstić information content (AvgIpc) is 2.74. The highest BCUT2D eigenvalue weighted by Crippen LogP contribution is 2.31. The van der Waals surface area contributed by atoms with Gasteiger partial charge in [0.25, 0.3) is 5.91 Å². The van der Waals surface area contributed by atoms with Gasteiger partial charge >= 0.3 is 0 Å². The fourth-order valence-electron chi connectivity index (χ4n) is 3.82. The van der Waals surface area contributed by atoms with E-state index < -0.39 is 0 Å².